The monoisotopic (exact) mass is 442 g/mol. The topological polar surface area (TPSA) is 106 Å². The summed E-state index contributed by atoms with van der Waals surface area (Å²) in [6, 6.07) is 4.74. The number of allylic oxidation sites excluding steroid dienone is 1. The smallest absolute Gasteiger partial charge is 0.243 e. The van der Waals surface area contributed by atoms with E-state index >= 15 is 0 Å². The summed E-state index contributed by atoms with van der Waals surface area (Å²) in [5.74, 6) is -0.604. The third-order valence-electron chi connectivity index (χ3n) is 7.44. The molecule has 0 bridgehead atoms. The van der Waals surface area contributed by atoms with E-state index in [1.54, 1.807) is 0 Å². The van der Waals surface area contributed by atoms with Crippen LogP contribution in [0.25, 0.3) is 0 Å². The highest BCUT2D eigenvalue weighted by Gasteiger charge is 2.53. The van der Waals surface area contributed by atoms with Gasteiger partial charge in [0, 0.05) is 11.5 Å². The number of nitrogens with zero attached hydrogens (tertiary/aromatic N) is 2. The summed E-state index contributed by atoms with van der Waals surface area (Å²) in [7, 11) is 0. The van der Waals surface area contributed by atoms with E-state index in [0.29, 0.717) is 29.4 Å². The predicted octanol–water partition coefficient (Wildman–Crippen LogP) is 4.40. The summed E-state index contributed by atoms with van der Waals surface area (Å²) in [5, 5.41) is 26.2. The van der Waals surface area contributed by atoms with E-state index in [9.17, 15) is 20.1 Å². The van der Waals surface area contributed by atoms with Crippen LogP contribution in [-0.2, 0) is 9.59 Å². The lowest BCUT2D eigenvalue weighted by Gasteiger charge is -2.47. The quantitative estimate of drug-likeness (QED) is 0.671. The highest BCUT2D eigenvalue weighted by atomic mass is 32.2. The van der Waals surface area contributed by atoms with Gasteiger partial charge >= 0.3 is 0 Å². The Morgan fingerprint density at radius 2 is 1.81 bits per heavy atom. The maximum Gasteiger partial charge on any atom is 0.243 e. The minimum absolute atomic E-state index is 0.0659. The van der Waals surface area contributed by atoms with Gasteiger partial charge in [0.1, 0.15) is 5.92 Å². The highest BCUT2D eigenvalue weighted by molar-refractivity contribution is 8.03. The summed E-state index contributed by atoms with van der Waals surface area (Å²) >= 11 is 1.22. The standard InChI is InChI=1S/C24H34N4O2S/c1-23(2,3)16-9-11-24(12-10-16)18(13-25)21(30)28-22(19(24)14-26)31-15-20(29)27-17-7-5-4-6-8-17/h16-18H,4-12,15H2,1-3H3,(H,27,29)(H,28,30)/t16?,18-,24?/m1/s1. The van der Waals surface area contributed by atoms with E-state index in [-0.39, 0.29) is 29.0 Å². The minimum Gasteiger partial charge on any atom is -0.353 e. The van der Waals surface area contributed by atoms with Crippen molar-refractivity contribution in [2.75, 3.05) is 5.75 Å². The Morgan fingerprint density at radius 1 is 1.16 bits per heavy atom. The molecule has 3 aliphatic rings. The molecule has 0 aromatic carbocycles. The van der Waals surface area contributed by atoms with Crippen molar-refractivity contribution in [2.24, 2.45) is 22.7 Å². The van der Waals surface area contributed by atoms with Gasteiger partial charge in [0.05, 0.1) is 28.5 Å². The second kappa shape index (κ2) is 9.65. The van der Waals surface area contributed by atoms with Gasteiger partial charge in [0.15, 0.2) is 0 Å². The first-order valence-corrected chi connectivity index (χ1v) is 12.5. The SMILES string of the molecule is CC(C)(C)C1CCC2(CC1)C(C#N)=C(SCC(=O)NC1CCCCC1)NC(=O)[C@H]2C#N. The van der Waals surface area contributed by atoms with E-state index in [2.05, 4.69) is 43.5 Å². The molecule has 2 N–H and O–H groups in total. The number of carbonyl (C=O) groups excluding carboxylic acids is 2. The fourth-order valence-electron chi connectivity index (χ4n) is 5.51. The maximum atomic E-state index is 12.8. The Hall–Kier alpha value is -1.99. The summed E-state index contributed by atoms with van der Waals surface area (Å²) in [6.45, 7) is 6.66. The van der Waals surface area contributed by atoms with E-state index < -0.39 is 11.3 Å². The highest BCUT2D eigenvalue weighted by Crippen LogP contribution is 2.55. The van der Waals surface area contributed by atoms with Gasteiger partial charge < -0.3 is 10.6 Å². The van der Waals surface area contributed by atoms with Crippen LogP contribution in [-0.4, -0.2) is 23.6 Å². The largest absolute Gasteiger partial charge is 0.353 e. The van der Waals surface area contributed by atoms with Gasteiger partial charge in [-0.2, -0.15) is 10.5 Å². The Balaban J connectivity index is 1.77. The predicted molar refractivity (Wildman–Crippen MR) is 121 cm³/mol. The number of rotatable bonds is 4. The van der Waals surface area contributed by atoms with Crippen molar-refractivity contribution in [2.45, 2.75) is 84.6 Å². The van der Waals surface area contributed by atoms with Crippen LogP contribution in [0.4, 0.5) is 0 Å². The zero-order valence-corrected chi connectivity index (χ0v) is 19.7. The Morgan fingerprint density at radius 3 is 2.35 bits per heavy atom. The lowest BCUT2D eigenvalue weighted by Crippen LogP contribution is -2.50. The average molecular weight is 443 g/mol. The van der Waals surface area contributed by atoms with Crippen LogP contribution in [0.15, 0.2) is 10.6 Å². The molecular formula is C24H34N4O2S. The van der Waals surface area contributed by atoms with Crippen LogP contribution in [0.5, 0.6) is 0 Å². The minimum atomic E-state index is -0.858. The number of nitrogens with one attached hydrogen (secondary N) is 2. The first-order chi connectivity index (χ1) is 14.7. The third kappa shape index (κ3) is 5.09. The summed E-state index contributed by atoms with van der Waals surface area (Å²) in [6.07, 6.45) is 8.63. The normalized spacial score (nSPS) is 29.8. The number of hydrogen-bond acceptors (Lipinski definition) is 5. The molecule has 2 amide bonds. The molecule has 168 valence electrons. The van der Waals surface area contributed by atoms with E-state index in [1.807, 2.05) is 0 Å². The Kier molecular flexibility index (Phi) is 7.37. The van der Waals surface area contributed by atoms with Crippen molar-refractivity contribution < 1.29 is 9.59 Å². The van der Waals surface area contributed by atoms with Crippen LogP contribution >= 0.6 is 11.8 Å². The fraction of sp³-hybridized carbons (Fsp3) is 0.750. The van der Waals surface area contributed by atoms with Gasteiger partial charge in [-0.15, -0.1) is 0 Å². The van der Waals surface area contributed by atoms with Crippen LogP contribution < -0.4 is 10.6 Å². The van der Waals surface area contributed by atoms with Gasteiger partial charge in [0.25, 0.3) is 0 Å². The lowest BCUT2D eigenvalue weighted by molar-refractivity contribution is -0.127. The zero-order valence-electron chi connectivity index (χ0n) is 18.9. The second-order valence-corrected chi connectivity index (χ2v) is 11.3. The second-order valence-electron chi connectivity index (χ2n) is 10.4. The molecule has 0 aromatic rings. The van der Waals surface area contributed by atoms with Crippen molar-refractivity contribution in [3.8, 4) is 12.1 Å². The van der Waals surface area contributed by atoms with Gasteiger partial charge in [-0.05, 0) is 49.9 Å². The molecular weight excluding hydrogens is 408 g/mol. The van der Waals surface area contributed by atoms with E-state index in [0.717, 1.165) is 38.5 Å². The van der Waals surface area contributed by atoms with Gasteiger partial charge in [-0.3, -0.25) is 9.59 Å². The van der Waals surface area contributed by atoms with Crippen LogP contribution in [0.1, 0.15) is 78.6 Å². The molecule has 1 aliphatic heterocycles. The molecule has 31 heavy (non-hydrogen) atoms. The summed E-state index contributed by atoms with van der Waals surface area (Å²) in [4.78, 5) is 25.3. The van der Waals surface area contributed by atoms with E-state index in [4.69, 9.17) is 0 Å². The first kappa shape index (κ1) is 23.7. The molecule has 2 saturated carbocycles. The molecule has 6 nitrogen and oxygen atoms in total. The Labute approximate surface area is 190 Å². The molecule has 0 radical (unpaired) electrons. The number of thioether (sulfide) groups is 1. The molecule has 7 heteroatoms. The molecule has 1 atom stereocenters. The van der Waals surface area contributed by atoms with Crippen LogP contribution in [0, 0.1) is 45.3 Å². The average Bonchev–Trinajstić information content (AvgIpc) is 2.73. The Bertz CT molecular complexity index is 816. The zero-order chi connectivity index (χ0) is 22.6. The van der Waals surface area contributed by atoms with Crippen molar-refractivity contribution >= 4 is 23.6 Å². The number of nitriles is 2. The van der Waals surface area contributed by atoms with Gasteiger partial charge in [-0.1, -0.05) is 51.8 Å². The third-order valence-corrected chi connectivity index (χ3v) is 8.44. The van der Waals surface area contributed by atoms with Gasteiger partial charge in [0.2, 0.25) is 11.8 Å². The maximum absolute atomic E-state index is 12.8. The van der Waals surface area contributed by atoms with Crippen molar-refractivity contribution in [1.29, 1.82) is 10.5 Å². The van der Waals surface area contributed by atoms with Crippen molar-refractivity contribution in [3.63, 3.8) is 0 Å². The molecule has 1 heterocycles. The molecule has 2 fully saturated rings. The molecule has 3 rings (SSSR count). The molecule has 0 unspecified atom stereocenters. The number of carbonyl (C=O) groups is 2. The first-order valence-electron chi connectivity index (χ1n) is 11.5. The van der Waals surface area contributed by atoms with Gasteiger partial charge in [-0.25, -0.2) is 0 Å². The lowest BCUT2D eigenvalue weighted by atomic mass is 9.56. The van der Waals surface area contributed by atoms with Crippen LogP contribution in [0.3, 0.4) is 0 Å². The number of amides is 2. The molecule has 0 saturated heterocycles. The summed E-state index contributed by atoms with van der Waals surface area (Å²) < 4.78 is 0. The van der Waals surface area contributed by atoms with Crippen molar-refractivity contribution in [1.82, 2.24) is 10.6 Å². The molecule has 2 aliphatic carbocycles. The number of hydrogen-bond donors (Lipinski definition) is 2. The van der Waals surface area contributed by atoms with E-state index in [1.165, 1.54) is 18.2 Å². The fourth-order valence-corrected chi connectivity index (χ4v) is 6.44. The summed E-state index contributed by atoms with van der Waals surface area (Å²) in [5.41, 5.74) is -0.0941. The van der Waals surface area contributed by atoms with Crippen molar-refractivity contribution in [3.05, 3.63) is 10.6 Å². The molecule has 0 aromatic heterocycles. The van der Waals surface area contributed by atoms with Crippen LogP contribution in [0.2, 0.25) is 0 Å². The molecule has 1 spiro atoms.